The zero-order valence-corrected chi connectivity index (χ0v) is 14.6. The van der Waals surface area contributed by atoms with Gasteiger partial charge >= 0.3 is 0 Å². The molecule has 3 aromatic rings. The summed E-state index contributed by atoms with van der Waals surface area (Å²) in [6, 6.07) is 6.21. The molecule has 0 saturated heterocycles. The van der Waals surface area contributed by atoms with Gasteiger partial charge in [0.1, 0.15) is 5.82 Å². The highest BCUT2D eigenvalue weighted by molar-refractivity contribution is 7.16. The van der Waals surface area contributed by atoms with Crippen LogP contribution in [0.15, 0.2) is 42.9 Å². The number of halogens is 3. The van der Waals surface area contributed by atoms with Crippen LogP contribution in [0.2, 0.25) is 4.34 Å². The van der Waals surface area contributed by atoms with Gasteiger partial charge in [-0.25, -0.2) is 8.78 Å². The molecule has 3 rings (SSSR count). The molecule has 126 valence electrons. The van der Waals surface area contributed by atoms with E-state index in [1.165, 1.54) is 11.3 Å². The summed E-state index contributed by atoms with van der Waals surface area (Å²) in [5.41, 5.74) is 1.05. The molecule has 0 atom stereocenters. The molecular formula is C18H11ClF2N2OS. The van der Waals surface area contributed by atoms with Crippen LogP contribution in [0.1, 0.15) is 10.4 Å². The van der Waals surface area contributed by atoms with E-state index in [-0.39, 0.29) is 5.69 Å². The summed E-state index contributed by atoms with van der Waals surface area (Å²) in [6.45, 7) is 2.91. The number of aromatic nitrogens is 1. The molecule has 1 amide bonds. The van der Waals surface area contributed by atoms with Gasteiger partial charge < -0.3 is 9.88 Å². The van der Waals surface area contributed by atoms with E-state index in [4.69, 9.17) is 11.6 Å². The Morgan fingerprint density at radius 2 is 2.12 bits per heavy atom. The van der Waals surface area contributed by atoms with Crippen molar-refractivity contribution in [2.75, 3.05) is 5.32 Å². The maximum atomic E-state index is 14.4. The van der Waals surface area contributed by atoms with Crippen molar-refractivity contribution >= 4 is 45.4 Å². The fourth-order valence-corrected chi connectivity index (χ4v) is 3.27. The molecule has 0 radical (unpaired) electrons. The van der Waals surface area contributed by atoms with Crippen LogP contribution in [-0.4, -0.2) is 10.5 Å². The normalized spacial score (nSPS) is 10.4. The molecule has 0 saturated carbocycles. The lowest BCUT2D eigenvalue weighted by molar-refractivity contribution is -0.114. The van der Waals surface area contributed by atoms with E-state index in [0.717, 1.165) is 10.9 Å². The first-order chi connectivity index (χ1) is 11.8. The van der Waals surface area contributed by atoms with Crippen LogP contribution in [0.3, 0.4) is 0 Å². The van der Waals surface area contributed by atoms with E-state index in [2.05, 4.69) is 23.7 Å². The second kappa shape index (κ2) is 6.71. The highest BCUT2D eigenvalue weighted by Crippen LogP contribution is 2.27. The van der Waals surface area contributed by atoms with Gasteiger partial charge in [0.25, 0.3) is 5.91 Å². The molecule has 25 heavy (non-hydrogen) atoms. The predicted molar refractivity (Wildman–Crippen MR) is 97.1 cm³/mol. The van der Waals surface area contributed by atoms with Crippen LogP contribution < -0.4 is 5.32 Å². The Hall–Kier alpha value is -2.62. The smallest absolute Gasteiger partial charge is 0.283 e. The Labute approximate surface area is 151 Å². The van der Waals surface area contributed by atoms with Gasteiger partial charge in [-0.05, 0) is 24.3 Å². The molecule has 0 aliphatic rings. The first-order valence-corrected chi connectivity index (χ1v) is 8.26. The Bertz CT molecular complexity index is 1070. The number of fused-ring (bicyclic) bond motifs is 1. The Morgan fingerprint density at radius 1 is 1.36 bits per heavy atom. The first kappa shape index (κ1) is 17.2. The molecule has 3 nitrogen and oxygen atoms in total. The van der Waals surface area contributed by atoms with Crippen LogP contribution in [0.25, 0.3) is 10.9 Å². The van der Waals surface area contributed by atoms with Gasteiger partial charge in [-0.15, -0.1) is 11.3 Å². The number of hydrogen-bond acceptors (Lipinski definition) is 2. The average Bonchev–Trinajstić information content (AvgIpc) is 3.09. The van der Waals surface area contributed by atoms with Crippen LogP contribution in [0.4, 0.5) is 14.5 Å². The van der Waals surface area contributed by atoms with E-state index >= 15 is 0 Å². The third kappa shape index (κ3) is 3.58. The molecule has 7 heteroatoms. The fraction of sp³-hybridized carbons (Fsp3) is 0.0556. The third-order valence-electron chi connectivity index (χ3n) is 3.43. The number of amides is 1. The number of rotatable bonds is 2. The van der Waals surface area contributed by atoms with Gasteiger partial charge in [0.2, 0.25) is 0 Å². The largest absolute Gasteiger partial charge is 0.347 e. The van der Waals surface area contributed by atoms with Gasteiger partial charge in [-0.2, -0.15) is 0 Å². The maximum absolute atomic E-state index is 14.4. The molecule has 0 fully saturated rings. The number of thiophene rings is 1. The van der Waals surface area contributed by atoms with Crippen molar-refractivity contribution in [3.05, 3.63) is 63.5 Å². The van der Waals surface area contributed by atoms with E-state index in [0.29, 0.717) is 20.8 Å². The SMILES string of the molecule is C=C(F)C(=O)Nc1cc(F)c2c(c1)c(C#Cc1ccc(Cl)s1)cn2C. The Kier molecular flexibility index (Phi) is 4.62. The van der Waals surface area contributed by atoms with Crippen LogP contribution in [0, 0.1) is 17.7 Å². The maximum Gasteiger partial charge on any atom is 0.283 e. The lowest BCUT2D eigenvalue weighted by atomic mass is 10.1. The number of carbonyl (C=O) groups is 1. The minimum Gasteiger partial charge on any atom is -0.347 e. The highest BCUT2D eigenvalue weighted by Gasteiger charge is 2.14. The lowest BCUT2D eigenvalue weighted by Gasteiger charge is -2.05. The molecule has 0 spiro atoms. The second-order valence-corrected chi connectivity index (χ2v) is 6.94. The van der Waals surface area contributed by atoms with Gasteiger partial charge in [-0.3, -0.25) is 4.79 Å². The second-order valence-electron chi connectivity index (χ2n) is 5.22. The van der Waals surface area contributed by atoms with Crippen molar-refractivity contribution in [3.63, 3.8) is 0 Å². The molecule has 1 aromatic carbocycles. The van der Waals surface area contributed by atoms with Crippen molar-refractivity contribution in [1.82, 2.24) is 4.57 Å². The first-order valence-electron chi connectivity index (χ1n) is 7.07. The summed E-state index contributed by atoms with van der Waals surface area (Å²) in [7, 11) is 1.69. The average molecular weight is 377 g/mol. The lowest BCUT2D eigenvalue weighted by Crippen LogP contribution is -2.11. The zero-order valence-electron chi connectivity index (χ0n) is 13.0. The highest BCUT2D eigenvalue weighted by atomic mass is 35.5. The van der Waals surface area contributed by atoms with Crippen molar-refractivity contribution in [3.8, 4) is 11.8 Å². The number of aryl methyl sites for hydroxylation is 1. The van der Waals surface area contributed by atoms with Gasteiger partial charge in [0.05, 0.1) is 20.3 Å². The molecule has 0 bridgehead atoms. The van der Waals surface area contributed by atoms with Crippen LogP contribution >= 0.6 is 22.9 Å². The number of benzene rings is 1. The summed E-state index contributed by atoms with van der Waals surface area (Å²) in [5, 5.41) is 2.77. The fourth-order valence-electron chi connectivity index (χ4n) is 2.37. The van der Waals surface area contributed by atoms with E-state index in [9.17, 15) is 13.6 Å². The van der Waals surface area contributed by atoms with E-state index < -0.39 is 17.6 Å². The summed E-state index contributed by atoms with van der Waals surface area (Å²) in [5.74, 6) is 3.23. The van der Waals surface area contributed by atoms with Crippen molar-refractivity contribution in [1.29, 1.82) is 0 Å². The standard InChI is InChI=1S/C18H11ClF2N2OS/c1-10(20)18(24)22-12-7-14-11(3-4-13-5-6-16(19)25-13)9-23(2)17(14)15(21)8-12/h5-9H,1H2,2H3,(H,22,24). The number of hydrogen-bond donors (Lipinski definition) is 1. The van der Waals surface area contributed by atoms with Gasteiger partial charge in [0, 0.05) is 24.3 Å². The molecule has 2 heterocycles. The van der Waals surface area contributed by atoms with Crippen LogP contribution in [0.5, 0.6) is 0 Å². The number of carbonyl (C=O) groups excluding carboxylic acids is 1. The Balaban J connectivity index is 2.07. The van der Waals surface area contributed by atoms with E-state index in [1.54, 1.807) is 36.0 Å². The number of nitrogens with one attached hydrogen (secondary N) is 1. The zero-order chi connectivity index (χ0) is 18.1. The molecule has 0 aliphatic heterocycles. The summed E-state index contributed by atoms with van der Waals surface area (Å²) in [6.07, 6.45) is 1.69. The molecule has 0 aliphatic carbocycles. The summed E-state index contributed by atoms with van der Waals surface area (Å²) < 4.78 is 29.5. The topological polar surface area (TPSA) is 34.0 Å². The third-order valence-corrected chi connectivity index (χ3v) is 4.57. The molecule has 2 aromatic heterocycles. The van der Waals surface area contributed by atoms with Crippen molar-refractivity contribution in [2.24, 2.45) is 7.05 Å². The monoisotopic (exact) mass is 376 g/mol. The molecular weight excluding hydrogens is 366 g/mol. The summed E-state index contributed by atoms with van der Waals surface area (Å²) >= 11 is 7.22. The predicted octanol–water partition coefficient (Wildman–Crippen LogP) is 4.85. The number of anilines is 1. The minimum absolute atomic E-state index is 0.127. The summed E-state index contributed by atoms with van der Waals surface area (Å²) in [4.78, 5) is 12.2. The van der Waals surface area contributed by atoms with Crippen LogP contribution in [-0.2, 0) is 11.8 Å². The molecule has 0 unspecified atom stereocenters. The van der Waals surface area contributed by atoms with E-state index in [1.807, 2.05) is 0 Å². The van der Waals surface area contributed by atoms with Gasteiger partial charge in [0.15, 0.2) is 5.83 Å². The van der Waals surface area contributed by atoms with Gasteiger partial charge in [-0.1, -0.05) is 30.0 Å². The minimum atomic E-state index is -1.15. The number of nitrogens with zero attached hydrogens (tertiary/aromatic N) is 1. The van der Waals surface area contributed by atoms with Crippen molar-refractivity contribution < 1.29 is 13.6 Å². The van der Waals surface area contributed by atoms with Crippen molar-refractivity contribution in [2.45, 2.75) is 0 Å². The Morgan fingerprint density at radius 3 is 2.76 bits per heavy atom. The molecule has 1 N–H and O–H groups in total. The quantitative estimate of drug-likeness (QED) is 0.503.